The van der Waals surface area contributed by atoms with Gasteiger partial charge in [0.2, 0.25) is 0 Å². The van der Waals surface area contributed by atoms with E-state index in [1.807, 2.05) is 40.9 Å². The highest BCUT2D eigenvalue weighted by molar-refractivity contribution is 5.57. The Hall–Kier alpha value is -2.09. The van der Waals surface area contributed by atoms with Crippen molar-refractivity contribution in [1.29, 1.82) is 0 Å². The van der Waals surface area contributed by atoms with Gasteiger partial charge >= 0.3 is 0 Å². The van der Waals surface area contributed by atoms with Crippen LogP contribution in [0.4, 0.5) is 0 Å². The Labute approximate surface area is 122 Å². The molecular formula is C18H24N2. The molecule has 2 nitrogen and oxygen atoms in total. The first kappa shape index (κ1) is 16.0. The van der Waals surface area contributed by atoms with E-state index in [9.17, 15) is 0 Å². The Bertz CT molecular complexity index is 663. The fourth-order valence-electron chi connectivity index (χ4n) is 1.98. The molecule has 20 heavy (non-hydrogen) atoms. The molecule has 1 aromatic rings. The average molecular weight is 268 g/mol. The maximum atomic E-state index is 4.26. The van der Waals surface area contributed by atoms with E-state index in [-0.39, 0.29) is 0 Å². The van der Waals surface area contributed by atoms with Gasteiger partial charge in [0.1, 0.15) is 0 Å². The SMILES string of the molecule is C=C(C)N(C)C(=C\C)/C(/C=c1/cc(C)ncc1=C)=C/C. The van der Waals surface area contributed by atoms with Gasteiger partial charge in [-0.15, -0.1) is 0 Å². The van der Waals surface area contributed by atoms with Gasteiger partial charge in [-0.1, -0.05) is 25.3 Å². The molecule has 0 saturated carbocycles. The summed E-state index contributed by atoms with van der Waals surface area (Å²) < 4.78 is 0. The van der Waals surface area contributed by atoms with Crippen molar-refractivity contribution >= 4 is 12.7 Å². The molecule has 0 N–H and O–H groups in total. The second kappa shape index (κ2) is 6.90. The van der Waals surface area contributed by atoms with Gasteiger partial charge in [-0.05, 0) is 55.8 Å². The van der Waals surface area contributed by atoms with Crippen LogP contribution in [-0.2, 0) is 0 Å². The maximum absolute atomic E-state index is 4.26. The predicted octanol–water partition coefficient (Wildman–Crippen LogP) is 2.90. The molecule has 0 saturated heterocycles. The maximum Gasteiger partial charge on any atom is 0.0432 e. The molecule has 0 aromatic carbocycles. The molecular weight excluding hydrogens is 244 g/mol. The van der Waals surface area contributed by atoms with Crippen molar-refractivity contribution in [3.8, 4) is 0 Å². The minimum absolute atomic E-state index is 0.934. The van der Waals surface area contributed by atoms with Crippen LogP contribution in [0.5, 0.6) is 0 Å². The molecule has 0 bridgehead atoms. The number of aromatic nitrogens is 1. The highest BCUT2D eigenvalue weighted by atomic mass is 15.1. The van der Waals surface area contributed by atoms with E-state index < -0.39 is 0 Å². The Morgan fingerprint density at radius 2 is 1.95 bits per heavy atom. The third-order valence-corrected chi connectivity index (χ3v) is 3.28. The molecule has 1 aromatic heterocycles. The van der Waals surface area contributed by atoms with Gasteiger partial charge < -0.3 is 4.90 Å². The molecule has 0 unspecified atom stereocenters. The molecule has 0 radical (unpaired) electrons. The minimum Gasteiger partial charge on any atom is -0.349 e. The van der Waals surface area contributed by atoms with E-state index in [1.54, 1.807) is 0 Å². The molecule has 1 rings (SSSR count). The fourth-order valence-corrected chi connectivity index (χ4v) is 1.98. The largest absolute Gasteiger partial charge is 0.349 e. The summed E-state index contributed by atoms with van der Waals surface area (Å²) in [7, 11) is 2.03. The van der Waals surface area contributed by atoms with Crippen molar-refractivity contribution in [3.05, 3.63) is 64.1 Å². The summed E-state index contributed by atoms with van der Waals surface area (Å²) in [6.45, 7) is 16.1. The minimum atomic E-state index is 0.934. The summed E-state index contributed by atoms with van der Waals surface area (Å²) in [5, 5.41) is 2.03. The van der Waals surface area contributed by atoms with Gasteiger partial charge in [-0.2, -0.15) is 0 Å². The lowest BCUT2D eigenvalue weighted by Crippen LogP contribution is -2.25. The van der Waals surface area contributed by atoms with Gasteiger partial charge in [0.25, 0.3) is 0 Å². The quantitative estimate of drug-likeness (QED) is 0.781. The number of likely N-dealkylation sites (N-methyl/N-ethyl adjacent to an activating group) is 1. The van der Waals surface area contributed by atoms with Crippen molar-refractivity contribution in [2.45, 2.75) is 27.7 Å². The van der Waals surface area contributed by atoms with Crippen molar-refractivity contribution < 1.29 is 0 Å². The third-order valence-electron chi connectivity index (χ3n) is 3.28. The van der Waals surface area contributed by atoms with Crippen LogP contribution < -0.4 is 10.4 Å². The van der Waals surface area contributed by atoms with Gasteiger partial charge in [0.15, 0.2) is 0 Å². The lowest BCUT2D eigenvalue weighted by Gasteiger charge is -2.23. The van der Waals surface area contributed by atoms with E-state index in [0.29, 0.717) is 0 Å². The highest BCUT2D eigenvalue weighted by Gasteiger charge is 2.07. The second-order valence-electron chi connectivity index (χ2n) is 4.88. The van der Waals surface area contributed by atoms with Crippen molar-refractivity contribution in [3.63, 3.8) is 0 Å². The van der Waals surface area contributed by atoms with E-state index in [1.165, 1.54) is 0 Å². The zero-order valence-corrected chi connectivity index (χ0v) is 13.2. The van der Waals surface area contributed by atoms with Crippen LogP contribution in [0.15, 0.2) is 48.0 Å². The van der Waals surface area contributed by atoms with Crippen molar-refractivity contribution in [1.82, 2.24) is 9.88 Å². The molecule has 0 aliphatic carbocycles. The van der Waals surface area contributed by atoms with Crippen LogP contribution >= 0.6 is 0 Å². The monoisotopic (exact) mass is 268 g/mol. The number of hydrogen-bond acceptors (Lipinski definition) is 2. The smallest absolute Gasteiger partial charge is 0.0432 e. The Morgan fingerprint density at radius 3 is 2.45 bits per heavy atom. The van der Waals surface area contributed by atoms with Crippen LogP contribution in [0.25, 0.3) is 12.7 Å². The average Bonchev–Trinajstić information content (AvgIpc) is 2.41. The second-order valence-corrected chi connectivity index (χ2v) is 4.88. The Balaban J connectivity index is 3.38. The van der Waals surface area contributed by atoms with E-state index >= 15 is 0 Å². The summed E-state index contributed by atoms with van der Waals surface area (Å²) in [4.78, 5) is 6.35. The van der Waals surface area contributed by atoms with Crippen molar-refractivity contribution in [2.75, 3.05) is 7.05 Å². The number of allylic oxidation sites excluding steroid dienone is 4. The number of aryl methyl sites for hydroxylation is 1. The van der Waals surface area contributed by atoms with Gasteiger partial charge in [-0.25, -0.2) is 0 Å². The lowest BCUT2D eigenvalue weighted by atomic mass is 10.1. The Kier molecular flexibility index (Phi) is 5.51. The van der Waals surface area contributed by atoms with E-state index in [0.717, 1.165) is 33.1 Å². The van der Waals surface area contributed by atoms with Crippen LogP contribution in [0.3, 0.4) is 0 Å². The van der Waals surface area contributed by atoms with Crippen LogP contribution in [-0.4, -0.2) is 16.9 Å². The standard InChI is InChI=1S/C18H24N2/c1-8-16(18(9-2)20(7)13(3)4)11-17-10-15(6)19-12-14(17)5/h8-12H,3,5H2,1-2,4,6-7H3/b16-8+,17-11-,18-9-. The molecule has 0 aliphatic heterocycles. The molecule has 0 atom stereocenters. The number of nitrogens with zero attached hydrogens (tertiary/aromatic N) is 2. The van der Waals surface area contributed by atoms with Crippen LogP contribution in [0.2, 0.25) is 0 Å². The van der Waals surface area contributed by atoms with Crippen molar-refractivity contribution in [2.24, 2.45) is 0 Å². The summed E-state index contributed by atoms with van der Waals surface area (Å²) in [5.74, 6) is 0. The normalized spacial score (nSPS) is 13.6. The van der Waals surface area contributed by atoms with Gasteiger partial charge in [-0.3, -0.25) is 4.98 Å². The third kappa shape index (κ3) is 3.70. The summed E-state index contributed by atoms with van der Waals surface area (Å²) in [6.07, 6.45) is 8.15. The molecule has 0 fully saturated rings. The fraction of sp³-hybridized carbons (Fsp3) is 0.278. The first-order valence-corrected chi connectivity index (χ1v) is 6.76. The topological polar surface area (TPSA) is 16.1 Å². The van der Waals surface area contributed by atoms with Crippen LogP contribution in [0, 0.1) is 6.92 Å². The van der Waals surface area contributed by atoms with Crippen LogP contribution in [0.1, 0.15) is 26.5 Å². The molecule has 0 amide bonds. The van der Waals surface area contributed by atoms with E-state index in [4.69, 9.17) is 0 Å². The van der Waals surface area contributed by atoms with Gasteiger partial charge in [0, 0.05) is 30.3 Å². The molecule has 2 heteroatoms. The first-order chi connectivity index (χ1) is 9.40. The number of hydrogen-bond donors (Lipinski definition) is 0. The predicted molar refractivity (Wildman–Crippen MR) is 88.3 cm³/mol. The molecule has 1 heterocycles. The zero-order chi connectivity index (χ0) is 15.3. The first-order valence-electron chi connectivity index (χ1n) is 6.76. The summed E-state index contributed by atoms with van der Waals surface area (Å²) in [5.41, 5.74) is 4.28. The van der Waals surface area contributed by atoms with E-state index in [2.05, 4.69) is 47.3 Å². The lowest BCUT2D eigenvalue weighted by molar-refractivity contribution is 0.534. The highest BCUT2D eigenvalue weighted by Crippen LogP contribution is 2.18. The molecule has 106 valence electrons. The van der Waals surface area contributed by atoms with Gasteiger partial charge in [0.05, 0.1) is 0 Å². The number of pyridine rings is 1. The zero-order valence-electron chi connectivity index (χ0n) is 13.2. The Morgan fingerprint density at radius 1 is 1.30 bits per heavy atom. The number of rotatable bonds is 4. The summed E-state index contributed by atoms with van der Waals surface area (Å²) in [6, 6.07) is 2.06. The molecule has 0 spiro atoms. The summed E-state index contributed by atoms with van der Waals surface area (Å²) >= 11 is 0. The molecule has 0 aliphatic rings.